The molecule has 3 N–H and O–H groups in total. The molecular weight excluding hydrogens is 295 g/mol. The van der Waals surface area contributed by atoms with Crippen LogP contribution in [0, 0.1) is 11.2 Å². The second kappa shape index (κ2) is 5.55. The van der Waals surface area contributed by atoms with E-state index in [0.717, 1.165) is 0 Å². The third-order valence-electron chi connectivity index (χ3n) is 4.44. The maximum absolute atomic E-state index is 13.7. The van der Waals surface area contributed by atoms with Crippen LogP contribution in [0.15, 0.2) is 18.2 Å². The zero-order valence-electron chi connectivity index (χ0n) is 12.4. The van der Waals surface area contributed by atoms with Crippen LogP contribution in [0.5, 0.6) is 0 Å². The molecule has 2 unspecified atom stereocenters. The molecule has 1 saturated carbocycles. The number of rotatable bonds is 4. The Morgan fingerprint density at radius 3 is 2.76 bits per heavy atom. The van der Waals surface area contributed by atoms with Crippen molar-refractivity contribution < 1.29 is 13.9 Å². The number of nitrogens with one attached hydrogen (secondary N) is 1. The number of ether oxygens (including phenoxy) is 1. The van der Waals surface area contributed by atoms with Gasteiger partial charge in [-0.3, -0.25) is 4.79 Å². The van der Waals surface area contributed by atoms with Crippen LogP contribution in [-0.2, 0) is 9.53 Å². The first-order chi connectivity index (χ1) is 9.74. The Balaban J connectivity index is 2.18. The van der Waals surface area contributed by atoms with Crippen LogP contribution in [-0.4, -0.2) is 24.2 Å². The molecule has 0 saturated heterocycles. The van der Waals surface area contributed by atoms with Gasteiger partial charge in [0.1, 0.15) is 11.4 Å². The van der Waals surface area contributed by atoms with E-state index >= 15 is 0 Å². The van der Waals surface area contributed by atoms with Crippen molar-refractivity contribution in [2.45, 2.75) is 38.8 Å². The highest BCUT2D eigenvalue weighted by Crippen LogP contribution is 2.50. The van der Waals surface area contributed by atoms with Gasteiger partial charge in [0.05, 0.1) is 16.8 Å². The molecular formula is C15H20ClFN2O2. The van der Waals surface area contributed by atoms with Crippen LogP contribution in [0.3, 0.4) is 0 Å². The van der Waals surface area contributed by atoms with Gasteiger partial charge in [0.25, 0.3) is 0 Å². The summed E-state index contributed by atoms with van der Waals surface area (Å²) in [5.74, 6) is -1.03. The van der Waals surface area contributed by atoms with E-state index in [-0.39, 0.29) is 16.8 Å². The Kier molecular flexibility index (Phi) is 4.29. The number of benzene rings is 1. The smallest absolute Gasteiger partial charge is 0.245 e. The van der Waals surface area contributed by atoms with Crippen molar-refractivity contribution in [1.29, 1.82) is 0 Å². The van der Waals surface area contributed by atoms with Crippen LogP contribution in [0.25, 0.3) is 0 Å². The van der Waals surface area contributed by atoms with Crippen LogP contribution in [0.4, 0.5) is 10.1 Å². The lowest BCUT2D eigenvalue weighted by Gasteiger charge is -2.57. The summed E-state index contributed by atoms with van der Waals surface area (Å²) in [6.07, 6.45) is 0.306. The number of anilines is 1. The summed E-state index contributed by atoms with van der Waals surface area (Å²) < 4.78 is 19.3. The lowest BCUT2D eigenvalue weighted by Crippen LogP contribution is -2.74. The highest BCUT2D eigenvalue weighted by molar-refractivity contribution is 6.33. The van der Waals surface area contributed by atoms with Gasteiger partial charge in [0, 0.05) is 18.4 Å². The van der Waals surface area contributed by atoms with E-state index in [2.05, 4.69) is 5.32 Å². The molecule has 0 aromatic heterocycles. The third kappa shape index (κ3) is 2.54. The van der Waals surface area contributed by atoms with Gasteiger partial charge in [0.2, 0.25) is 5.91 Å². The number of carbonyl (C=O) groups is 1. The fraction of sp³-hybridized carbons (Fsp3) is 0.533. The molecule has 6 heteroatoms. The molecule has 0 radical (unpaired) electrons. The maximum Gasteiger partial charge on any atom is 0.245 e. The third-order valence-corrected chi connectivity index (χ3v) is 4.75. The second-order valence-corrected chi connectivity index (χ2v) is 6.30. The predicted molar refractivity (Wildman–Crippen MR) is 80.8 cm³/mol. The van der Waals surface area contributed by atoms with Gasteiger partial charge in [-0.05, 0) is 19.1 Å². The molecule has 1 aromatic rings. The summed E-state index contributed by atoms with van der Waals surface area (Å²) in [6, 6.07) is 4.22. The predicted octanol–water partition coefficient (Wildman–Crippen LogP) is 2.95. The van der Waals surface area contributed by atoms with E-state index in [0.29, 0.717) is 13.0 Å². The molecule has 2 rings (SSSR count). The molecule has 0 bridgehead atoms. The molecule has 1 aromatic carbocycles. The minimum Gasteiger partial charge on any atom is -0.378 e. The number of para-hydroxylation sites is 1. The summed E-state index contributed by atoms with van der Waals surface area (Å²) in [7, 11) is 0. The Labute approximate surface area is 128 Å². The number of hydrogen-bond acceptors (Lipinski definition) is 3. The average molecular weight is 315 g/mol. The van der Waals surface area contributed by atoms with E-state index in [9.17, 15) is 9.18 Å². The molecule has 1 amide bonds. The standard InChI is InChI=1S/C15H20ClFN2O2/c1-4-21-11-8-15(18,14(11,2)3)13(20)19-12-9(16)6-5-7-10(12)17/h5-7,11H,4,8,18H2,1-3H3,(H,19,20). The number of hydrogen-bond donors (Lipinski definition) is 2. The number of carbonyl (C=O) groups excluding carboxylic acids is 1. The van der Waals surface area contributed by atoms with Crippen LogP contribution < -0.4 is 11.1 Å². The van der Waals surface area contributed by atoms with Crippen molar-refractivity contribution in [3.63, 3.8) is 0 Å². The van der Waals surface area contributed by atoms with E-state index in [1.54, 1.807) is 0 Å². The molecule has 4 nitrogen and oxygen atoms in total. The van der Waals surface area contributed by atoms with E-state index in [4.69, 9.17) is 22.1 Å². The van der Waals surface area contributed by atoms with Crippen LogP contribution in [0.1, 0.15) is 27.2 Å². The van der Waals surface area contributed by atoms with Gasteiger partial charge in [-0.1, -0.05) is 31.5 Å². The van der Waals surface area contributed by atoms with E-state index in [1.165, 1.54) is 18.2 Å². The van der Waals surface area contributed by atoms with Gasteiger partial charge < -0.3 is 15.8 Å². The molecule has 1 fully saturated rings. The van der Waals surface area contributed by atoms with Gasteiger partial charge >= 0.3 is 0 Å². The number of nitrogens with two attached hydrogens (primary N) is 1. The molecule has 21 heavy (non-hydrogen) atoms. The van der Waals surface area contributed by atoms with Gasteiger partial charge in [-0.2, -0.15) is 0 Å². The summed E-state index contributed by atoms with van der Waals surface area (Å²) in [4.78, 5) is 12.5. The lowest BCUT2D eigenvalue weighted by molar-refractivity contribution is -0.166. The van der Waals surface area contributed by atoms with Crippen molar-refractivity contribution in [2.24, 2.45) is 11.1 Å². The Bertz CT molecular complexity index is 544. The molecule has 1 aliphatic rings. The van der Waals surface area contributed by atoms with Crippen LogP contribution >= 0.6 is 11.6 Å². The molecule has 0 heterocycles. The van der Waals surface area contributed by atoms with Gasteiger partial charge in [0.15, 0.2) is 0 Å². The molecule has 1 aliphatic carbocycles. The Morgan fingerprint density at radius 1 is 1.57 bits per heavy atom. The summed E-state index contributed by atoms with van der Waals surface area (Å²) in [5.41, 5.74) is 4.55. The summed E-state index contributed by atoms with van der Waals surface area (Å²) in [6.45, 7) is 6.20. The van der Waals surface area contributed by atoms with Crippen molar-refractivity contribution in [3.05, 3.63) is 29.0 Å². The second-order valence-electron chi connectivity index (χ2n) is 5.89. The highest BCUT2D eigenvalue weighted by atomic mass is 35.5. The zero-order valence-corrected chi connectivity index (χ0v) is 13.1. The van der Waals surface area contributed by atoms with Crippen LogP contribution in [0.2, 0.25) is 5.02 Å². The summed E-state index contributed by atoms with van der Waals surface area (Å²) in [5, 5.41) is 2.66. The maximum atomic E-state index is 13.7. The lowest BCUT2D eigenvalue weighted by atomic mass is 9.54. The molecule has 2 atom stereocenters. The van der Waals surface area contributed by atoms with E-state index < -0.39 is 22.7 Å². The van der Waals surface area contributed by atoms with Gasteiger partial charge in [-0.25, -0.2) is 4.39 Å². The van der Waals surface area contributed by atoms with E-state index in [1.807, 2.05) is 20.8 Å². The minimum atomic E-state index is -1.11. The number of amides is 1. The molecule has 0 aliphatic heterocycles. The summed E-state index contributed by atoms with van der Waals surface area (Å²) >= 11 is 5.91. The fourth-order valence-corrected chi connectivity index (χ4v) is 2.87. The Hall–Kier alpha value is -1.17. The highest BCUT2D eigenvalue weighted by Gasteiger charge is 2.62. The fourth-order valence-electron chi connectivity index (χ4n) is 2.66. The van der Waals surface area contributed by atoms with Gasteiger partial charge in [-0.15, -0.1) is 0 Å². The quantitative estimate of drug-likeness (QED) is 0.898. The first-order valence-corrected chi connectivity index (χ1v) is 7.27. The van der Waals surface area contributed by atoms with Crippen molar-refractivity contribution in [3.8, 4) is 0 Å². The first-order valence-electron chi connectivity index (χ1n) is 6.90. The number of halogens is 2. The topological polar surface area (TPSA) is 64.3 Å². The minimum absolute atomic E-state index is 0.0374. The normalized spacial score (nSPS) is 27.0. The monoisotopic (exact) mass is 314 g/mol. The van der Waals surface area contributed by atoms with Crippen molar-refractivity contribution in [1.82, 2.24) is 0 Å². The Morgan fingerprint density at radius 2 is 2.24 bits per heavy atom. The molecule has 0 spiro atoms. The SMILES string of the molecule is CCOC1CC(N)(C(=O)Nc2c(F)cccc2Cl)C1(C)C. The first kappa shape index (κ1) is 16.2. The largest absolute Gasteiger partial charge is 0.378 e. The average Bonchev–Trinajstić information content (AvgIpc) is 2.42. The van der Waals surface area contributed by atoms with Crippen molar-refractivity contribution in [2.75, 3.05) is 11.9 Å². The van der Waals surface area contributed by atoms with Crippen molar-refractivity contribution >= 4 is 23.2 Å². The zero-order chi connectivity index (χ0) is 15.8. The molecule has 116 valence electrons.